The van der Waals surface area contributed by atoms with Gasteiger partial charge < -0.3 is 4.57 Å². The molecule has 0 fully saturated rings. The van der Waals surface area contributed by atoms with Crippen molar-refractivity contribution in [2.75, 3.05) is 0 Å². The summed E-state index contributed by atoms with van der Waals surface area (Å²) in [5.41, 5.74) is 15.4. The molecule has 1 spiro atoms. The summed E-state index contributed by atoms with van der Waals surface area (Å²) in [6.45, 7) is 0. The van der Waals surface area contributed by atoms with E-state index in [1.54, 1.807) is 5.57 Å². The van der Waals surface area contributed by atoms with Gasteiger partial charge >= 0.3 is 0 Å². The van der Waals surface area contributed by atoms with Crippen LogP contribution in [0, 0.1) is 11.8 Å². The molecule has 5 aliphatic carbocycles. The van der Waals surface area contributed by atoms with Crippen LogP contribution in [0.15, 0.2) is 175 Å². The lowest BCUT2D eigenvalue weighted by Crippen LogP contribution is -2.41. The zero-order chi connectivity index (χ0) is 36.8. The van der Waals surface area contributed by atoms with E-state index in [2.05, 4.69) is 144 Å². The molecule has 268 valence electrons. The molecule has 4 aromatic carbocycles. The second-order valence-electron chi connectivity index (χ2n) is 16.0. The highest BCUT2D eigenvalue weighted by Gasteiger charge is 2.58. The van der Waals surface area contributed by atoms with Gasteiger partial charge in [-0.25, -0.2) is 15.0 Å². The molecular formula is C52H40N4. The minimum atomic E-state index is -0.246. The van der Waals surface area contributed by atoms with Crippen LogP contribution in [0.4, 0.5) is 0 Å². The third-order valence-electron chi connectivity index (χ3n) is 13.1. The van der Waals surface area contributed by atoms with Crippen LogP contribution in [-0.2, 0) is 5.41 Å². The molecule has 12 rings (SSSR count). The number of rotatable bonds is 4. The van der Waals surface area contributed by atoms with Gasteiger partial charge in [0.15, 0.2) is 17.5 Å². The van der Waals surface area contributed by atoms with E-state index < -0.39 is 0 Å². The predicted molar refractivity (Wildman–Crippen MR) is 229 cm³/mol. The van der Waals surface area contributed by atoms with Crippen LogP contribution >= 0.6 is 0 Å². The maximum Gasteiger partial charge on any atom is 0.164 e. The molecule has 0 radical (unpaired) electrons. The molecule has 0 bridgehead atoms. The lowest BCUT2D eigenvalue weighted by molar-refractivity contribution is 0.413. The van der Waals surface area contributed by atoms with Gasteiger partial charge in [0.05, 0.1) is 16.4 Å². The molecule has 4 nitrogen and oxygen atoms in total. The average Bonchev–Trinajstić information content (AvgIpc) is 3.77. The van der Waals surface area contributed by atoms with Crippen LogP contribution in [0.1, 0.15) is 49.9 Å². The summed E-state index contributed by atoms with van der Waals surface area (Å²) in [6.07, 6.45) is 32.3. The predicted octanol–water partition coefficient (Wildman–Crippen LogP) is 12.5. The Hall–Kier alpha value is -6.39. The third kappa shape index (κ3) is 4.50. The largest absolute Gasteiger partial charge is 0.309 e. The zero-order valence-electron chi connectivity index (χ0n) is 31.2. The molecule has 0 saturated heterocycles. The van der Waals surface area contributed by atoms with Crippen molar-refractivity contribution >= 4 is 33.1 Å². The number of aromatic nitrogens is 4. The smallest absolute Gasteiger partial charge is 0.164 e. The summed E-state index contributed by atoms with van der Waals surface area (Å²) < 4.78 is 2.61. The Bertz CT molecular complexity index is 2920. The van der Waals surface area contributed by atoms with Crippen LogP contribution in [0.3, 0.4) is 0 Å². The molecule has 4 heteroatoms. The van der Waals surface area contributed by atoms with Gasteiger partial charge in [0.2, 0.25) is 0 Å². The molecule has 3 atom stereocenters. The van der Waals surface area contributed by atoms with E-state index in [1.165, 1.54) is 55.3 Å². The normalized spacial score (nSPS) is 23.0. The number of hydrogen-bond donors (Lipinski definition) is 0. The van der Waals surface area contributed by atoms with E-state index in [1.807, 2.05) is 18.2 Å². The van der Waals surface area contributed by atoms with Gasteiger partial charge in [0.1, 0.15) is 0 Å². The van der Waals surface area contributed by atoms with E-state index in [9.17, 15) is 0 Å². The third-order valence-corrected chi connectivity index (χ3v) is 13.1. The monoisotopic (exact) mass is 720 g/mol. The van der Waals surface area contributed by atoms with Crippen molar-refractivity contribution in [1.82, 2.24) is 19.5 Å². The maximum absolute atomic E-state index is 5.15. The van der Waals surface area contributed by atoms with Crippen LogP contribution in [0.2, 0.25) is 0 Å². The number of allylic oxidation sites excluding steroid dienone is 16. The van der Waals surface area contributed by atoms with Crippen molar-refractivity contribution in [2.45, 2.75) is 43.9 Å². The number of para-hydroxylation sites is 1. The first kappa shape index (κ1) is 31.9. The Morgan fingerprint density at radius 3 is 2.30 bits per heavy atom. The van der Waals surface area contributed by atoms with Crippen molar-refractivity contribution in [1.29, 1.82) is 0 Å². The summed E-state index contributed by atoms with van der Waals surface area (Å²) in [4.78, 5) is 15.3. The van der Waals surface area contributed by atoms with Gasteiger partial charge in [-0.3, -0.25) is 0 Å². The van der Waals surface area contributed by atoms with E-state index in [0.29, 0.717) is 23.5 Å². The van der Waals surface area contributed by atoms with Crippen molar-refractivity contribution in [3.8, 4) is 33.9 Å². The van der Waals surface area contributed by atoms with Crippen LogP contribution < -0.4 is 0 Å². The van der Waals surface area contributed by atoms with Crippen molar-refractivity contribution in [2.24, 2.45) is 11.8 Å². The summed E-state index contributed by atoms with van der Waals surface area (Å²) >= 11 is 0. The highest BCUT2D eigenvalue weighted by molar-refractivity contribution is 6.15. The number of nitrogens with zero attached hydrogens (tertiary/aromatic N) is 4. The minimum Gasteiger partial charge on any atom is -0.309 e. The molecule has 6 aliphatic rings. The van der Waals surface area contributed by atoms with Crippen molar-refractivity contribution in [3.63, 3.8) is 0 Å². The Morgan fingerprint density at radius 1 is 0.607 bits per heavy atom. The molecular weight excluding hydrogens is 681 g/mol. The fourth-order valence-electron chi connectivity index (χ4n) is 10.8. The minimum absolute atomic E-state index is 0.246. The summed E-state index contributed by atoms with van der Waals surface area (Å²) in [5, 5.41) is 2.63. The van der Waals surface area contributed by atoms with Gasteiger partial charge in [-0.05, 0) is 96.2 Å². The fraction of sp³-hybridized carbons (Fsp3) is 0.173. The molecule has 3 heterocycles. The number of benzene rings is 4. The first-order chi connectivity index (χ1) is 27.8. The van der Waals surface area contributed by atoms with Crippen LogP contribution in [-0.4, -0.2) is 19.5 Å². The molecule has 0 amide bonds. The first-order valence-corrected chi connectivity index (χ1v) is 20.3. The molecule has 1 aliphatic heterocycles. The topological polar surface area (TPSA) is 43.6 Å². The van der Waals surface area contributed by atoms with Gasteiger partial charge in [-0.15, -0.1) is 0 Å². The Labute approximate surface area is 327 Å². The highest BCUT2D eigenvalue weighted by atomic mass is 15.0. The average molecular weight is 721 g/mol. The molecule has 6 aromatic rings. The van der Waals surface area contributed by atoms with Crippen molar-refractivity contribution in [3.05, 3.63) is 186 Å². The quantitative estimate of drug-likeness (QED) is 0.182. The summed E-state index contributed by atoms with van der Waals surface area (Å²) in [5.74, 6) is 2.83. The standard InChI is InChI=1S/C52H40N4/c1-3-16-33(17-4-1)49-53-50(34-18-5-2-6-19-34)55-51(54-49)36-21-15-20-35(30-36)37-31-41-40-24-9-13-28-46(40)56-47-29-14-12-27-44(47)52(45(32-37)48(41)56)42-25-10-7-22-38(42)39-23-8-11-26-43(39)52/h1-5,7-10,13,15-18,20-25,27-32,38,42H,6,11-12,14,19,26H2. The molecule has 0 saturated carbocycles. The Kier molecular flexibility index (Phi) is 7.01. The maximum atomic E-state index is 5.15. The first-order valence-electron chi connectivity index (χ1n) is 20.3. The summed E-state index contributed by atoms with van der Waals surface area (Å²) in [6, 6.07) is 33.2. The Morgan fingerprint density at radius 2 is 1.39 bits per heavy atom. The van der Waals surface area contributed by atoms with Crippen LogP contribution in [0.25, 0.3) is 67.0 Å². The van der Waals surface area contributed by atoms with E-state index in [-0.39, 0.29) is 5.41 Å². The molecule has 2 aromatic heterocycles. The summed E-state index contributed by atoms with van der Waals surface area (Å²) in [7, 11) is 0. The second kappa shape index (κ2) is 12.3. The zero-order valence-corrected chi connectivity index (χ0v) is 31.2. The highest BCUT2D eigenvalue weighted by Crippen LogP contribution is 2.66. The van der Waals surface area contributed by atoms with Gasteiger partial charge in [-0.2, -0.15) is 0 Å². The van der Waals surface area contributed by atoms with Crippen LogP contribution in [0.5, 0.6) is 0 Å². The second-order valence-corrected chi connectivity index (χ2v) is 16.0. The van der Waals surface area contributed by atoms with Crippen molar-refractivity contribution < 1.29 is 0 Å². The molecule has 56 heavy (non-hydrogen) atoms. The lowest BCUT2D eigenvalue weighted by atomic mass is 9.58. The fourth-order valence-corrected chi connectivity index (χ4v) is 10.8. The van der Waals surface area contributed by atoms with E-state index in [0.717, 1.165) is 61.0 Å². The molecule has 3 unspecified atom stereocenters. The lowest BCUT2D eigenvalue weighted by Gasteiger charge is -2.47. The SMILES string of the molecule is C1=CCCC(c2nc(-c3ccccc3)nc(-c3cccc(-c4cc5c6c(c4)c4ccccc4n6C4=CCCC=C4C54C5=C(C=CCC5)C5C=CC=CC54)c3)n2)=C1. The van der Waals surface area contributed by atoms with Gasteiger partial charge in [-0.1, -0.05) is 139 Å². The number of hydrogen-bond acceptors (Lipinski definition) is 3. The van der Waals surface area contributed by atoms with E-state index >= 15 is 0 Å². The van der Waals surface area contributed by atoms with Gasteiger partial charge in [0.25, 0.3) is 0 Å². The number of fused-ring (bicyclic) bond motifs is 11. The molecule has 0 N–H and O–H groups in total. The van der Waals surface area contributed by atoms with E-state index in [4.69, 9.17) is 15.0 Å². The Balaban J connectivity index is 1.11. The van der Waals surface area contributed by atoms with Gasteiger partial charge in [0, 0.05) is 39.4 Å².